The summed E-state index contributed by atoms with van der Waals surface area (Å²) in [5.74, 6) is 0. The van der Waals surface area contributed by atoms with Gasteiger partial charge in [0.1, 0.15) is 5.69 Å². The Balaban J connectivity index is 1.80. The highest BCUT2D eigenvalue weighted by molar-refractivity contribution is 5.70. The van der Waals surface area contributed by atoms with Crippen molar-refractivity contribution in [1.82, 2.24) is 15.0 Å². The first-order valence-electron chi connectivity index (χ1n) is 8.55. The van der Waals surface area contributed by atoms with Gasteiger partial charge in [0.25, 0.3) is 0 Å². The lowest BCUT2D eigenvalue weighted by atomic mass is 9.96. The van der Waals surface area contributed by atoms with Crippen LogP contribution < -0.4 is 4.57 Å². The van der Waals surface area contributed by atoms with Crippen molar-refractivity contribution in [2.75, 3.05) is 0 Å². The van der Waals surface area contributed by atoms with Gasteiger partial charge in [-0.15, -0.1) is 5.10 Å². The second-order valence-electron chi connectivity index (χ2n) is 6.37. The smallest absolute Gasteiger partial charge is 0.213 e. The van der Waals surface area contributed by atoms with Crippen LogP contribution in [0, 0.1) is 6.92 Å². The molecule has 124 valence electrons. The molecular weight excluding hydrogens is 308 g/mol. The molecule has 4 heteroatoms. The van der Waals surface area contributed by atoms with Crippen molar-refractivity contribution in [3.05, 3.63) is 78.3 Å². The normalized spacial score (nSPS) is 13.3. The maximum absolute atomic E-state index is 4.30. The van der Waals surface area contributed by atoms with E-state index in [2.05, 4.69) is 64.9 Å². The average Bonchev–Trinajstić information content (AvgIpc) is 3.12. The van der Waals surface area contributed by atoms with E-state index in [0.717, 1.165) is 29.9 Å². The van der Waals surface area contributed by atoms with E-state index in [9.17, 15) is 0 Å². The Labute approximate surface area is 147 Å². The number of fused-ring (bicyclic) bond motifs is 3. The predicted molar refractivity (Wildman–Crippen MR) is 99.3 cm³/mol. The van der Waals surface area contributed by atoms with Crippen molar-refractivity contribution >= 4 is 5.57 Å². The van der Waals surface area contributed by atoms with Gasteiger partial charge in [0.2, 0.25) is 5.69 Å². The van der Waals surface area contributed by atoms with E-state index in [1.807, 2.05) is 23.9 Å². The SMILES string of the molecule is C=CC(=CC)c1cn(-c2ccc3c(c2)-c2cc(C)cc[n+]2CC3)nn1. The molecule has 0 radical (unpaired) electrons. The van der Waals surface area contributed by atoms with Crippen LogP contribution in [0.25, 0.3) is 22.5 Å². The standard InChI is InChI=1S/C21H21N4/c1-4-16(5-2)20-14-25(23-22-20)18-7-6-17-9-11-24-10-8-15(3)12-21(24)19(17)13-18/h4-8,10,12-14H,1,9,11H2,2-3H3/q+1. The molecule has 0 amide bonds. The molecule has 0 bridgehead atoms. The molecule has 3 heterocycles. The number of hydrogen-bond donors (Lipinski definition) is 0. The van der Waals surface area contributed by atoms with E-state index < -0.39 is 0 Å². The minimum atomic E-state index is 0.834. The highest BCUT2D eigenvalue weighted by Gasteiger charge is 2.23. The van der Waals surface area contributed by atoms with Gasteiger partial charge in [0.05, 0.1) is 17.4 Å². The number of aryl methyl sites for hydroxylation is 3. The van der Waals surface area contributed by atoms with Crippen molar-refractivity contribution < 1.29 is 4.57 Å². The fraction of sp³-hybridized carbons (Fsp3) is 0.190. The van der Waals surface area contributed by atoms with Crippen LogP contribution in [-0.4, -0.2) is 15.0 Å². The lowest BCUT2D eigenvalue weighted by molar-refractivity contribution is -0.687. The Morgan fingerprint density at radius 2 is 2.16 bits per heavy atom. The van der Waals surface area contributed by atoms with Crippen molar-refractivity contribution in [2.45, 2.75) is 26.8 Å². The minimum absolute atomic E-state index is 0.834. The fourth-order valence-electron chi connectivity index (χ4n) is 3.36. The summed E-state index contributed by atoms with van der Waals surface area (Å²) in [5, 5.41) is 8.57. The van der Waals surface area contributed by atoms with E-state index in [0.29, 0.717) is 0 Å². The van der Waals surface area contributed by atoms with Gasteiger partial charge >= 0.3 is 0 Å². The monoisotopic (exact) mass is 329 g/mol. The first-order chi connectivity index (χ1) is 12.2. The van der Waals surface area contributed by atoms with E-state index >= 15 is 0 Å². The average molecular weight is 329 g/mol. The third kappa shape index (κ3) is 2.70. The zero-order valence-electron chi connectivity index (χ0n) is 14.6. The molecular formula is C21H21N4+. The number of hydrogen-bond acceptors (Lipinski definition) is 2. The lowest BCUT2D eigenvalue weighted by Gasteiger charge is -2.16. The zero-order chi connectivity index (χ0) is 17.4. The zero-order valence-corrected chi connectivity index (χ0v) is 14.6. The maximum atomic E-state index is 4.30. The fourth-order valence-corrected chi connectivity index (χ4v) is 3.36. The Hall–Kier alpha value is -3.01. The van der Waals surface area contributed by atoms with Gasteiger partial charge in [0.15, 0.2) is 12.7 Å². The molecule has 0 spiro atoms. The molecule has 1 aliphatic rings. The second kappa shape index (κ2) is 6.13. The van der Waals surface area contributed by atoms with Crippen molar-refractivity contribution in [1.29, 1.82) is 0 Å². The molecule has 4 nitrogen and oxygen atoms in total. The number of rotatable bonds is 3. The molecule has 0 saturated heterocycles. The van der Waals surface area contributed by atoms with Crippen LogP contribution in [0.2, 0.25) is 0 Å². The number of pyridine rings is 1. The van der Waals surface area contributed by atoms with Crippen molar-refractivity contribution in [3.8, 4) is 16.9 Å². The third-order valence-electron chi connectivity index (χ3n) is 4.77. The molecule has 1 aliphatic heterocycles. The summed E-state index contributed by atoms with van der Waals surface area (Å²) in [5.41, 5.74) is 8.04. The van der Waals surface area contributed by atoms with E-state index in [4.69, 9.17) is 0 Å². The van der Waals surface area contributed by atoms with Gasteiger partial charge in [-0.2, -0.15) is 4.57 Å². The second-order valence-corrected chi connectivity index (χ2v) is 6.37. The van der Waals surface area contributed by atoms with Gasteiger partial charge in [-0.25, -0.2) is 4.68 Å². The van der Waals surface area contributed by atoms with E-state index in [1.165, 1.54) is 22.4 Å². The van der Waals surface area contributed by atoms with Crippen molar-refractivity contribution in [3.63, 3.8) is 0 Å². The summed E-state index contributed by atoms with van der Waals surface area (Å²) in [6, 6.07) is 11.0. The summed E-state index contributed by atoms with van der Waals surface area (Å²) >= 11 is 0. The van der Waals surface area contributed by atoms with Gasteiger partial charge in [0, 0.05) is 18.6 Å². The molecule has 4 rings (SSSR count). The van der Waals surface area contributed by atoms with Gasteiger partial charge in [-0.1, -0.05) is 30.0 Å². The summed E-state index contributed by atoms with van der Waals surface area (Å²) in [6.07, 6.45) is 8.97. The maximum Gasteiger partial charge on any atom is 0.213 e. The molecule has 1 aromatic carbocycles. The molecule has 0 atom stereocenters. The van der Waals surface area contributed by atoms with Crippen molar-refractivity contribution in [2.24, 2.45) is 0 Å². The van der Waals surface area contributed by atoms with Crippen LogP contribution in [0.4, 0.5) is 0 Å². The number of aromatic nitrogens is 4. The molecule has 0 aliphatic carbocycles. The summed E-state index contributed by atoms with van der Waals surface area (Å²) < 4.78 is 4.15. The third-order valence-corrected chi connectivity index (χ3v) is 4.77. The quantitative estimate of drug-likeness (QED) is 0.543. The largest absolute Gasteiger partial charge is 0.220 e. The van der Waals surface area contributed by atoms with Crippen LogP contribution in [-0.2, 0) is 13.0 Å². The number of benzene rings is 1. The molecule has 0 N–H and O–H groups in total. The summed E-state index contributed by atoms with van der Waals surface area (Å²) in [4.78, 5) is 0. The minimum Gasteiger partial charge on any atom is -0.220 e. The van der Waals surface area contributed by atoms with Gasteiger partial charge < -0.3 is 0 Å². The predicted octanol–water partition coefficient (Wildman–Crippen LogP) is 3.68. The van der Waals surface area contributed by atoms with Crippen LogP contribution >= 0.6 is 0 Å². The first-order valence-corrected chi connectivity index (χ1v) is 8.55. The highest BCUT2D eigenvalue weighted by Crippen LogP contribution is 2.28. The van der Waals surface area contributed by atoms with Gasteiger partial charge in [-0.3, -0.25) is 0 Å². The highest BCUT2D eigenvalue weighted by atomic mass is 15.4. The summed E-state index contributed by atoms with van der Waals surface area (Å²) in [6.45, 7) is 8.97. The Kier molecular flexibility index (Phi) is 3.80. The van der Waals surface area contributed by atoms with Crippen LogP contribution in [0.5, 0.6) is 0 Å². The molecule has 0 saturated carbocycles. The Bertz CT molecular complexity index is 995. The van der Waals surface area contributed by atoms with E-state index in [-0.39, 0.29) is 0 Å². The molecule has 2 aromatic heterocycles. The molecule has 0 fully saturated rings. The van der Waals surface area contributed by atoms with Crippen LogP contribution in [0.1, 0.15) is 23.7 Å². The topological polar surface area (TPSA) is 34.6 Å². The van der Waals surface area contributed by atoms with E-state index in [1.54, 1.807) is 6.08 Å². The van der Waals surface area contributed by atoms with Gasteiger partial charge in [-0.05, 0) is 42.7 Å². The number of nitrogens with zero attached hydrogens (tertiary/aromatic N) is 4. The first kappa shape index (κ1) is 15.5. The molecule has 3 aromatic rings. The molecule has 25 heavy (non-hydrogen) atoms. The van der Waals surface area contributed by atoms with Crippen LogP contribution in [0.15, 0.2) is 61.5 Å². The van der Waals surface area contributed by atoms with Crippen LogP contribution in [0.3, 0.4) is 0 Å². The Morgan fingerprint density at radius 3 is 2.96 bits per heavy atom. The lowest BCUT2D eigenvalue weighted by Crippen LogP contribution is -2.40. The number of allylic oxidation sites excluding steroid dienone is 3. The Morgan fingerprint density at radius 1 is 1.28 bits per heavy atom. The summed E-state index contributed by atoms with van der Waals surface area (Å²) in [7, 11) is 0. The molecule has 0 unspecified atom stereocenters.